The number of benzene rings is 1. The van der Waals surface area contributed by atoms with Gasteiger partial charge in [-0.05, 0) is 36.5 Å². The Morgan fingerprint density at radius 1 is 1.35 bits per heavy atom. The number of nitrogens with one attached hydrogen (secondary N) is 1. The number of nitrogens with zero attached hydrogens (tertiary/aromatic N) is 3. The number of ether oxygens (including phenoxy) is 1. The van der Waals surface area contributed by atoms with Gasteiger partial charge in [0.25, 0.3) is 0 Å². The molecule has 0 saturated heterocycles. The summed E-state index contributed by atoms with van der Waals surface area (Å²) in [4.78, 5) is 32.4. The highest BCUT2D eigenvalue weighted by Crippen LogP contribution is 2.37. The zero-order chi connectivity index (χ0) is 21.8. The quantitative estimate of drug-likeness (QED) is 0.818. The van der Waals surface area contributed by atoms with E-state index in [2.05, 4.69) is 24.1 Å². The number of hydrogen-bond donors (Lipinski definition) is 1. The van der Waals surface area contributed by atoms with E-state index in [4.69, 9.17) is 4.74 Å². The molecular weight excluding hydrogens is 392 g/mol. The van der Waals surface area contributed by atoms with Gasteiger partial charge in [0.15, 0.2) is 0 Å². The second-order valence-corrected chi connectivity index (χ2v) is 8.85. The summed E-state index contributed by atoms with van der Waals surface area (Å²) in [6.45, 7) is 6.30. The Bertz CT molecular complexity index is 937. The van der Waals surface area contributed by atoms with E-state index in [1.807, 2.05) is 33.7 Å². The Morgan fingerprint density at radius 2 is 2.23 bits per heavy atom. The maximum atomic E-state index is 13.3. The van der Waals surface area contributed by atoms with Gasteiger partial charge in [0.1, 0.15) is 12.3 Å². The normalized spacial score (nSPS) is 18.9. The summed E-state index contributed by atoms with van der Waals surface area (Å²) in [7, 11) is 0. The number of fused-ring (bicyclic) bond motifs is 3. The Labute approximate surface area is 183 Å². The van der Waals surface area contributed by atoms with Crippen LogP contribution in [0.1, 0.15) is 62.5 Å². The number of amides is 2. The van der Waals surface area contributed by atoms with Gasteiger partial charge in [-0.15, -0.1) is 0 Å². The predicted octanol–water partition coefficient (Wildman–Crippen LogP) is 3.08. The van der Waals surface area contributed by atoms with Crippen molar-refractivity contribution in [2.45, 2.75) is 58.5 Å². The molecule has 7 nitrogen and oxygen atoms in total. The fraction of sp³-hybridized carbons (Fsp3) is 0.542. The second-order valence-electron chi connectivity index (χ2n) is 8.85. The fourth-order valence-electron chi connectivity index (χ4n) is 4.46. The molecule has 0 spiro atoms. The number of carbonyl (C=O) groups excluding carboxylic acids is 2. The maximum Gasteiger partial charge on any atom is 0.239 e. The molecule has 2 aliphatic rings. The van der Waals surface area contributed by atoms with Gasteiger partial charge in [0, 0.05) is 25.9 Å². The molecule has 0 radical (unpaired) electrons. The van der Waals surface area contributed by atoms with Crippen molar-refractivity contribution in [2.75, 3.05) is 19.7 Å². The van der Waals surface area contributed by atoms with Gasteiger partial charge in [0.05, 0.1) is 30.4 Å². The SMILES string of the molecule is CC(C)CCCC(=O)N1CCc2ncn3c2C1c1cccc(c1)OCCCNC(=O)C3. The molecule has 0 fully saturated rings. The molecule has 2 amide bonds. The lowest BCUT2D eigenvalue weighted by molar-refractivity contribution is -0.133. The lowest BCUT2D eigenvalue weighted by atomic mass is 9.94. The predicted molar refractivity (Wildman–Crippen MR) is 118 cm³/mol. The van der Waals surface area contributed by atoms with Crippen LogP contribution in [0.5, 0.6) is 5.75 Å². The Hall–Kier alpha value is -2.83. The Morgan fingerprint density at radius 3 is 3.06 bits per heavy atom. The molecule has 2 aliphatic heterocycles. The first-order valence-electron chi connectivity index (χ1n) is 11.4. The van der Waals surface area contributed by atoms with E-state index in [0.717, 1.165) is 42.0 Å². The van der Waals surface area contributed by atoms with Gasteiger partial charge in [-0.3, -0.25) is 9.59 Å². The molecule has 2 bridgehead atoms. The first kappa shape index (κ1) is 21.4. The molecule has 0 aliphatic carbocycles. The van der Waals surface area contributed by atoms with Crippen molar-refractivity contribution >= 4 is 11.8 Å². The van der Waals surface area contributed by atoms with Gasteiger partial charge >= 0.3 is 0 Å². The summed E-state index contributed by atoms with van der Waals surface area (Å²) in [6, 6.07) is 7.72. The third-order valence-electron chi connectivity index (χ3n) is 6.01. The summed E-state index contributed by atoms with van der Waals surface area (Å²) in [5.41, 5.74) is 2.90. The molecule has 1 aromatic heterocycles. The van der Waals surface area contributed by atoms with Gasteiger partial charge in [0.2, 0.25) is 11.8 Å². The van der Waals surface area contributed by atoms with Crippen LogP contribution < -0.4 is 10.1 Å². The van der Waals surface area contributed by atoms with Gasteiger partial charge in [-0.2, -0.15) is 0 Å². The van der Waals surface area contributed by atoms with E-state index in [1.54, 1.807) is 6.33 Å². The zero-order valence-corrected chi connectivity index (χ0v) is 18.5. The minimum atomic E-state index is -0.269. The van der Waals surface area contributed by atoms with Crippen LogP contribution in [0.15, 0.2) is 30.6 Å². The Balaban J connectivity index is 1.72. The minimum Gasteiger partial charge on any atom is -0.494 e. The van der Waals surface area contributed by atoms with Gasteiger partial charge < -0.3 is 19.5 Å². The van der Waals surface area contributed by atoms with Crippen molar-refractivity contribution < 1.29 is 14.3 Å². The molecule has 1 atom stereocenters. The first-order chi connectivity index (χ1) is 15.0. The van der Waals surface area contributed by atoms with Crippen LogP contribution >= 0.6 is 0 Å². The highest BCUT2D eigenvalue weighted by atomic mass is 16.5. The van der Waals surface area contributed by atoms with Crippen molar-refractivity contribution in [3.8, 4) is 5.75 Å². The summed E-state index contributed by atoms with van der Waals surface area (Å²) in [5.74, 6) is 1.47. The average molecular weight is 425 g/mol. The molecule has 2 aromatic rings. The summed E-state index contributed by atoms with van der Waals surface area (Å²) < 4.78 is 7.83. The van der Waals surface area contributed by atoms with E-state index in [-0.39, 0.29) is 24.4 Å². The Kier molecular flexibility index (Phi) is 6.59. The van der Waals surface area contributed by atoms with Crippen LogP contribution in [0.4, 0.5) is 0 Å². The average Bonchev–Trinajstić information content (AvgIpc) is 3.15. The lowest BCUT2D eigenvalue weighted by Crippen LogP contribution is -2.42. The third kappa shape index (κ3) is 4.92. The fourth-order valence-corrected chi connectivity index (χ4v) is 4.46. The van der Waals surface area contributed by atoms with E-state index >= 15 is 0 Å². The van der Waals surface area contributed by atoms with Crippen molar-refractivity contribution in [1.29, 1.82) is 0 Å². The van der Waals surface area contributed by atoms with Crippen molar-refractivity contribution in [3.63, 3.8) is 0 Å². The van der Waals surface area contributed by atoms with E-state index < -0.39 is 0 Å². The second kappa shape index (κ2) is 9.54. The van der Waals surface area contributed by atoms with Crippen LogP contribution in [0.2, 0.25) is 0 Å². The summed E-state index contributed by atoms with van der Waals surface area (Å²) in [5, 5.41) is 2.95. The number of imidazole rings is 1. The molecule has 1 aromatic carbocycles. The number of aromatic nitrogens is 2. The molecule has 0 saturated carbocycles. The van der Waals surface area contributed by atoms with Crippen LogP contribution in [0.25, 0.3) is 0 Å². The molecule has 1 unspecified atom stereocenters. The molecule has 7 heteroatoms. The van der Waals surface area contributed by atoms with Crippen molar-refractivity contribution in [1.82, 2.24) is 19.8 Å². The van der Waals surface area contributed by atoms with Crippen LogP contribution in [-0.4, -0.2) is 46.0 Å². The van der Waals surface area contributed by atoms with E-state index in [9.17, 15) is 9.59 Å². The van der Waals surface area contributed by atoms with Gasteiger partial charge in [-0.1, -0.05) is 32.4 Å². The highest BCUT2D eigenvalue weighted by molar-refractivity contribution is 5.78. The smallest absolute Gasteiger partial charge is 0.239 e. The topological polar surface area (TPSA) is 76.5 Å². The number of carbonyl (C=O) groups is 2. The summed E-state index contributed by atoms with van der Waals surface area (Å²) >= 11 is 0. The minimum absolute atomic E-state index is 0.0507. The number of hydrogen-bond acceptors (Lipinski definition) is 4. The molecular formula is C24H32N4O3. The molecule has 166 valence electrons. The molecule has 4 rings (SSSR count). The van der Waals surface area contributed by atoms with Crippen molar-refractivity contribution in [3.05, 3.63) is 47.5 Å². The maximum absolute atomic E-state index is 13.3. The van der Waals surface area contributed by atoms with Gasteiger partial charge in [-0.25, -0.2) is 4.98 Å². The monoisotopic (exact) mass is 424 g/mol. The highest BCUT2D eigenvalue weighted by Gasteiger charge is 2.35. The third-order valence-corrected chi connectivity index (χ3v) is 6.01. The van der Waals surface area contributed by atoms with Crippen LogP contribution in [0, 0.1) is 5.92 Å². The summed E-state index contributed by atoms with van der Waals surface area (Å²) in [6.07, 6.45) is 5.64. The van der Waals surface area contributed by atoms with Crippen LogP contribution in [0.3, 0.4) is 0 Å². The van der Waals surface area contributed by atoms with E-state index in [1.165, 1.54) is 0 Å². The van der Waals surface area contributed by atoms with Crippen molar-refractivity contribution in [2.24, 2.45) is 5.92 Å². The van der Waals surface area contributed by atoms with Crippen LogP contribution in [-0.2, 0) is 22.6 Å². The molecule has 3 heterocycles. The zero-order valence-electron chi connectivity index (χ0n) is 18.5. The first-order valence-corrected chi connectivity index (χ1v) is 11.4. The van der Waals surface area contributed by atoms with E-state index in [0.29, 0.717) is 38.5 Å². The lowest BCUT2D eigenvalue weighted by Gasteiger charge is -2.37. The largest absolute Gasteiger partial charge is 0.494 e. The molecule has 1 N–H and O–H groups in total. The standard InChI is InChI=1S/C24H32N4O3/c1-17(2)6-3-9-22(30)28-12-10-20-24-23(28)18-7-4-8-19(14-18)31-13-5-11-25-21(29)15-27(24)16-26-20/h4,7-8,14,16-17,23H,3,5-6,9-13,15H2,1-2H3,(H,25,29). The molecule has 31 heavy (non-hydrogen) atoms. The number of rotatable bonds is 4.